The topological polar surface area (TPSA) is 90.9 Å². The number of Topliss-reactive ketones (excluding diaryl/α,β-unsaturated/α-hetero) is 1. The third kappa shape index (κ3) is 5.17. The number of nitrogens with one attached hydrogen (secondary N) is 1. The molecule has 1 heterocycles. The summed E-state index contributed by atoms with van der Waals surface area (Å²) in [5, 5.41) is 3.28. The van der Waals surface area contributed by atoms with Gasteiger partial charge in [0.2, 0.25) is 0 Å². The number of hydrogen-bond donors (Lipinski definition) is 1. The number of dihydropyridines is 1. The van der Waals surface area contributed by atoms with Crippen molar-refractivity contribution >= 4 is 29.5 Å². The second-order valence-corrected chi connectivity index (χ2v) is 9.73. The van der Waals surface area contributed by atoms with Gasteiger partial charge >= 0.3 is 11.9 Å². The zero-order valence-electron chi connectivity index (χ0n) is 20.4. The average molecular weight is 488 g/mol. The Bertz CT molecular complexity index is 1010. The maximum absolute atomic E-state index is 13.8. The van der Waals surface area contributed by atoms with Gasteiger partial charge in [-0.05, 0) is 38.0 Å². The van der Waals surface area contributed by atoms with Crippen LogP contribution < -0.4 is 10.1 Å². The predicted molar refractivity (Wildman–Crippen MR) is 131 cm³/mol. The monoisotopic (exact) mass is 487 g/mol. The summed E-state index contributed by atoms with van der Waals surface area (Å²) < 4.78 is 16.4. The molecule has 1 N–H and O–H groups in total. The second kappa shape index (κ2) is 11.6. The van der Waals surface area contributed by atoms with E-state index in [0.29, 0.717) is 46.9 Å². The van der Waals surface area contributed by atoms with Crippen LogP contribution in [0.25, 0.3) is 0 Å². The van der Waals surface area contributed by atoms with E-state index in [4.69, 9.17) is 14.2 Å². The van der Waals surface area contributed by atoms with Gasteiger partial charge in [0, 0.05) is 28.3 Å². The molecule has 1 aromatic carbocycles. The van der Waals surface area contributed by atoms with Crippen LogP contribution in [0.1, 0.15) is 45.6 Å². The van der Waals surface area contributed by atoms with Crippen molar-refractivity contribution in [2.24, 2.45) is 11.8 Å². The Morgan fingerprint density at radius 3 is 2.62 bits per heavy atom. The molecular formula is C26H33NO6S. The number of carbonyl (C=O) groups excluding carboxylic acids is 3. The molecule has 1 aromatic rings. The fraction of sp³-hybridized carbons (Fsp3) is 0.500. The first-order valence-corrected chi connectivity index (χ1v) is 12.8. The number of hydrogen-bond acceptors (Lipinski definition) is 8. The Hall–Kier alpha value is -2.74. The molecule has 0 fully saturated rings. The molecule has 0 saturated carbocycles. The van der Waals surface area contributed by atoms with E-state index in [1.165, 1.54) is 7.11 Å². The Labute approximate surface area is 205 Å². The summed E-state index contributed by atoms with van der Waals surface area (Å²) in [6.07, 6.45) is 0.487. The maximum Gasteiger partial charge on any atom is 0.336 e. The summed E-state index contributed by atoms with van der Waals surface area (Å²) in [6, 6.07) is 7.38. The normalized spacial score (nSPS) is 22.1. The van der Waals surface area contributed by atoms with E-state index in [0.717, 1.165) is 11.4 Å². The van der Waals surface area contributed by atoms with Crippen molar-refractivity contribution in [3.63, 3.8) is 0 Å². The summed E-state index contributed by atoms with van der Waals surface area (Å²) >= 11 is 1.68. The number of benzene rings is 1. The van der Waals surface area contributed by atoms with Crippen LogP contribution in [0.4, 0.5) is 0 Å². The Morgan fingerprint density at radius 1 is 1.21 bits per heavy atom. The van der Waals surface area contributed by atoms with Crippen molar-refractivity contribution in [3.05, 3.63) is 52.4 Å². The standard InChI is InChI=1S/C26H33NO6S/c1-6-32-19-11-9-8-10-17(19)22-21(26(30)33-12-13-34-7-2)16(4)27-18-14-15(3)20(25(29)31-5)24(28)23(18)22/h8-11,15,20,22,27H,6-7,12-14H2,1-5H3/t15-,20-,22-/m0/s1. The number of rotatable bonds is 9. The molecule has 1 aliphatic heterocycles. The summed E-state index contributed by atoms with van der Waals surface area (Å²) in [6.45, 7) is 8.32. The van der Waals surface area contributed by atoms with E-state index in [9.17, 15) is 14.4 Å². The van der Waals surface area contributed by atoms with E-state index < -0.39 is 23.8 Å². The number of ether oxygens (including phenoxy) is 3. The minimum Gasteiger partial charge on any atom is -0.494 e. The molecule has 3 atom stereocenters. The van der Waals surface area contributed by atoms with E-state index in [1.54, 1.807) is 11.8 Å². The van der Waals surface area contributed by atoms with Crippen molar-refractivity contribution in [1.29, 1.82) is 0 Å². The van der Waals surface area contributed by atoms with E-state index in [2.05, 4.69) is 5.32 Å². The zero-order valence-corrected chi connectivity index (χ0v) is 21.3. The maximum atomic E-state index is 13.8. The summed E-state index contributed by atoms with van der Waals surface area (Å²) in [4.78, 5) is 39.7. The molecule has 8 heteroatoms. The molecule has 1 aliphatic carbocycles. The van der Waals surface area contributed by atoms with Crippen LogP contribution in [-0.2, 0) is 23.9 Å². The lowest BCUT2D eigenvalue weighted by atomic mass is 9.69. The largest absolute Gasteiger partial charge is 0.494 e. The number of methoxy groups -OCH3 is 1. The fourth-order valence-corrected chi connectivity index (χ4v) is 5.17. The first-order valence-electron chi connectivity index (χ1n) is 11.6. The molecule has 0 amide bonds. The lowest BCUT2D eigenvalue weighted by Gasteiger charge is -2.38. The second-order valence-electron chi connectivity index (χ2n) is 8.34. The summed E-state index contributed by atoms with van der Waals surface area (Å²) in [5.41, 5.74) is 2.82. The van der Waals surface area contributed by atoms with Crippen LogP contribution in [0.2, 0.25) is 0 Å². The SMILES string of the molecule is CCOc1ccccc1[C@H]1C(C(=O)OCCSCC)=C(C)NC2=C1C(=O)[C@@H](C(=O)OC)[C@@H](C)C2. The first-order chi connectivity index (χ1) is 16.3. The molecule has 7 nitrogen and oxygen atoms in total. The molecule has 2 aliphatic rings. The van der Waals surface area contributed by atoms with Crippen LogP contribution in [0.15, 0.2) is 46.8 Å². The van der Waals surface area contributed by atoms with Crippen molar-refractivity contribution in [2.75, 3.05) is 31.8 Å². The summed E-state index contributed by atoms with van der Waals surface area (Å²) in [5.74, 6) is -1.03. The van der Waals surface area contributed by atoms with Crippen molar-refractivity contribution in [2.45, 2.75) is 40.0 Å². The van der Waals surface area contributed by atoms with Crippen LogP contribution in [0, 0.1) is 11.8 Å². The van der Waals surface area contributed by atoms with Gasteiger partial charge in [0.1, 0.15) is 18.3 Å². The Kier molecular flexibility index (Phi) is 8.83. The lowest BCUT2D eigenvalue weighted by Crippen LogP contribution is -2.43. The van der Waals surface area contributed by atoms with Gasteiger partial charge < -0.3 is 19.5 Å². The molecule has 0 bridgehead atoms. The molecule has 0 saturated heterocycles. The summed E-state index contributed by atoms with van der Waals surface area (Å²) in [7, 11) is 1.29. The van der Waals surface area contributed by atoms with Gasteiger partial charge in [-0.25, -0.2) is 4.79 Å². The third-order valence-electron chi connectivity index (χ3n) is 6.16. The minimum atomic E-state index is -0.927. The van der Waals surface area contributed by atoms with E-state index in [-0.39, 0.29) is 18.3 Å². The highest BCUT2D eigenvalue weighted by molar-refractivity contribution is 7.99. The van der Waals surface area contributed by atoms with Crippen molar-refractivity contribution in [1.82, 2.24) is 5.32 Å². The van der Waals surface area contributed by atoms with Gasteiger partial charge in [-0.15, -0.1) is 0 Å². The first kappa shape index (κ1) is 25.9. The lowest BCUT2D eigenvalue weighted by molar-refractivity contribution is -0.151. The molecule has 184 valence electrons. The highest BCUT2D eigenvalue weighted by Gasteiger charge is 2.47. The van der Waals surface area contributed by atoms with Crippen LogP contribution in [-0.4, -0.2) is 49.6 Å². The van der Waals surface area contributed by atoms with Gasteiger partial charge in [-0.1, -0.05) is 32.0 Å². The number of allylic oxidation sites excluding steroid dienone is 3. The van der Waals surface area contributed by atoms with Crippen molar-refractivity contribution in [3.8, 4) is 5.75 Å². The number of ketones is 1. The molecule has 0 spiro atoms. The smallest absolute Gasteiger partial charge is 0.336 e. The van der Waals surface area contributed by atoms with Gasteiger partial charge in [-0.3, -0.25) is 9.59 Å². The number of para-hydroxylation sites is 1. The Balaban J connectivity index is 2.13. The van der Waals surface area contributed by atoms with Gasteiger partial charge in [0.05, 0.1) is 25.2 Å². The van der Waals surface area contributed by atoms with E-state index >= 15 is 0 Å². The minimum absolute atomic E-state index is 0.235. The van der Waals surface area contributed by atoms with Crippen molar-refractivity contribution < 1.29 is 28.6 Å². The number of carbonyl (C=O) groups is 3. The highest BCUT2D eigenvalue weighted by Crippen LogP contribution is 2.47. The highest BCUT2D eigenvalue weighted by atomic mass is 32.2. The molecule has 3 rings (SSSR count). The molecule has 0 radical (unpaired) electrons. The van der Waals surface area contributed by atoms with Gasteiger partial charge in [0.15, 0.2) is 5.78 Å². The van der Waals surface area contributed by atoms with E-state index in [1.807, 2.05) is 52.0 Å². The third-order valence-corrected chi connectivity index (χ3v) is 7.02. The molecule has 0 aromatic heterocycles. The van der Waals surface area contributed by atoms with Crippen LogP contribution in [0.3, 0.4) is 0 Å². The molecule has 34 heavy (non-hydrogen) atoms. The fourth-order valence-electron chi connectivity index (χ4n) is 4.68. The quantitative estimate of drug-likeness (QED) is 0.318. The van der Waals surface area contributed by atoms with Gasteiger partial charge in [-0.2, -0.15) is 11.8 Å². The predicted octanol–water partition coefficient (Wildman–Crippen LogP) is 3.99. The number of esters is 2. The molecular weight excluding hydrogens is 454 g/mol. The number of thioether (sulfide) groups is 1. The zero-order chi connectivity index (χ0) is 24.8. The van der Waals surface area contributed by atoms with Gasteiger partial charge in [0.25, 0.3) is 0 Å². The Morgan fingerprint density at radius 2 is 1.94 bits per heavy atom. The molecule has 0 unspecified atom stereocenters. The average Bonchev–Trinajstić information content (AvgIpc) is 2.81. The van der Waals surface area contributed by atoms with Crippen LogP contribution >= 0.6 is 11.8 Å². The van der Waals surface area contributed by atoms with Crippen LogP contribution in [0.5, 0.6) is 5.75 Å².